The summed E-state index contributed by atoms with van der Waals surface area (Å²) in [5.74, 6) is -0.448. The first-order chi connectivity index (χ1) is 10.1. The smallest absolute Gasteiger partial charge is 0.316 e. The van der Waals surface area contributed by atoms with E-state index >= 15 is 0 Å². The number of carboxylic acid groups (broad SMARTS) is 1. The van der Waals surface area contributed by atoms with Gasteiger partial charge >= 0.3 is 5.97 Å². The largest absolute Gasteiger partial charge is 0.481 e. The number of aryl methyl sites for hydroxylation is 1. The van der Waals surface area contributed by atoms with Gasteiger partial charge in [0.05, 0.1) is 6.61 Å². The monoisotopic (exact) mass is 308 g/mol. The lowest BCUT2D eigenvalue weighted by molar-refractivity contribution is -0.145. The number of carbonyl (C=O) groups is 1. The molecule has 1 fully saturated rings. The maximum atomic E-state index is 11.6. The van der Waals surface area contributed by atoms with E-state index < -0.39 is 11.4 Å². The standard InChI is InChI=1S/C17H21ClO3/c18-15-9-14-12(6-7-17(14,10-19)16(20)21)8-13(15)11-4-2-1-3-5-11/h8-9,11,19H,1-7,10H2,(H,20,21). The lowest BCUT2D eigenvalue weighted by Gasteiger charge is -2.26. The molecule has 1 atom stereocenters. The van der Waals surface area contributed by atoms with E-state index in [1.165, 1.54) is 37.7 Å². The number of rotatable bonds is 3. The number of aliphatic carboxylic acids is 1. The van der Waals surface area contributed by atoms with Crippen LogP contribution >= 0.6 is 11.6 Å². The fourth-order valence-electron chi connectivity index (χ4n) is 3.95. The van der Waals surface area contributed by atoms with Crippen LogP contribution in [0.4, 0.5) is 0 Å². The lowest BCUT2D eigenvalue weighted by atomic mass is 9.80. The molecule has 2 N–H and O–H groups in total. The molecular weight excluding hydrogens is 288 g/mol. The molecule has 0 saturated heterocycles. The van der Waals surface area contributed by atoms with Gasteiger partial charge in [-0.25, -0.2) is 0 Å². The maximum absolute atomic E-state index is 11.6. The Morgan fingerprint density at radius 3 is 2.62 bits per heavy atom. The molecule has 4 heteroatoms. The SMILES string of the molecule is O=C(O)C1(CO)CCc2cc(C3CCCCC3)c(Cl)cc21. The molecule has 1 unspecified atom stereocenters. The van der Waals surface area contributed by atoms with E-state index in [9.17, 15) is 15.0 Å². The quantitative estimate of drug-likeness (QED) is 0.896. The van der Waals surface area contributed by atoms with Gasteiger partial charge in [0.2, 0.25) is 0 Å². The van der Waals surface area contributed by atoms with Crippen molar-refractivity contribution >= 4 is 17.6 Å². The second-order valence-electron chi connectivity index (χ2n) is 6.41. The molecule has 2 aliphatic rings. The van der Waals surface area contributed by atoms with Crippen LogP contribution in [-0.4, -0.2) is 22.8 Å². The van der Waals surface area contributed by atoms with Crippen molar-refractivity contribution in [1.82, 2.24) is 0 Å². The minimum absolute atomic E-state index is 0.367. The Morgan fingerprint density at radius 2 is 2.00 bits per heavy atom. The van der Waals surface area contributed by atoms with Crippen molar-refractivity contribution < 1.29 is 15.0 Å². The van der Waals surface area contributed by atoms with Gasteiger partial charge in [0.1, 0.15) is 5.41 Å². The third-order valence-electron chi connectivity index (χ3n) is 5.28. The van der Waals surface area contributed by atoms with E-state index in [1.54, 1.807) is 6.07 Å². The first kappa shape index (κ1) is 14.9. The number of carboxylic acids is 1. The summed E-state index contributed by atoms with van der Waals surface area (Å²) in [6.45, 7) is -0.367. The molecule has 3 nitrogen and oxygen atoms in total. The summed E-state index contributed by atoms with van der Waals surface area (Å²) in [7, 11) is 0. The third kappa shape index (κ3) is 2.36. The Balaban J connectivity index is 2.01. The number of hydrogen-bond donors (Lipinski definition) is 2. The van der Waals surface area contributed by atoms with Gasteiger partial charge < -0.3 is 10.2 Å². The molecule has 0 bridgehead atoms. The Hall–Kier alpha value is -1.06. The number of fused-ring (bicyclic) bond motifs is 1. The second-order valence-corrected chi connectivity index (χ2v) is 6.82. The maximum Gasteiger partial charge on any atom is 0.316 e. The summed E-state index contributed by atoms with van der Waals surface area (Å²) in [5, 5.41) is 19.8. The van der Waals surface area contributed by atoms with Crippen LogP contribution < -0.4 is 0 Å². The van der Waals surface area contributed by atoms with Gasteiger partial charge in [-0.3, -0.25) is 4.79 Å². The fourth-order valence-corrected chi connectivity index (χ4v) is 4.27. The topological polar surface area (TPSA) is 57.5 Å². The van der Waals surface area contributed by atoms with E-state index in [2.05, 4.69) is 6.07 Å². The number of benzene rings is 1. The molecule has 1 saturated carbocycles. The Bertz CT molecular complexity index is 563. The van der Waals surface area contributed by atoms with Gasteiger partial charge in [0.25, 0.3) is 0 Å². The van der Waals surface area contributed by atoms with Crippen molar-refractivity contribution in [3.05, 3.63) is 33.8 Å². The Labute approximate surface area is 129 Å². The molecule has 0 radical (unpaired) electrons. The molecular formula is C17H21ClO3. The zero-order valence-corrected chi connectivity index (χ0v) is 12.8. The molecule has 2 aliphatic carbocycles. The highest BCUT2D eigenvalue weighted by atomic mass is 35.5. The highest BCUT2D eigenvalue weighted by Crippen LogP contribution is 2.44. The lowest BCUT2D eigenvalue weighted by Crippen LogP contribution is -2.37. The summed E-state index contributed by atoms with van der Waals surface area (Å²) >= 11 is 6.46. The molecule has 114 valence electrons. The number of hydrogen-bond acceptors (Lipinski definition) is 2. The van der Waals surface area contributed by atoms with Gasteiger partial charge in [0.15, 0.2) is 0 Å². The van der Waals surface area contributed by atoms with E-state index in [1.807, 2.05) is 0 Å². The molecule has 0 spiro atoms. The van der Waals surface area contributed by atoms with Crippen LogP contribution in [0.15, 0.2) is 12.1 Å². The average Bonchev–Trinajstić information content (AvgIpc) is 2.86. The summed E-state index contributed by atoms with van der Waals surface area (Å²) in [6, 6.07) is 3.91. The summed E-state index contributed by atoms with van der Waals surface area (Å²) < 4.78 is 0. The van der Waals surface area contributed by atoms with Crippen molar-refractivity contribution in [2.75, 3.05) is 6.61 Å². The van der Waals surface area contributed by atoms with Crippen molar-refractivity contribution in [3.63, 3.8) is 0 Å². The van der Waals surface area contributed by atoms with Gasteiger partial charge in [-0.05, 0) is 54.4 Å². The number of halogens is 1. The normalized spacial score (nSPS) is 25.8. The first-order valence-electron chi connectivity index (χ1n) is 7.75. The van der Waals surface area contributed by atoms with Gasteiger partial charge in [-0.15, -0.1) is 0 Å². The predicted octanol–water partition coefficient (Wildman–Crippen LogP) is 3.65. The molecule has 0 aliphatic heterocycles. The van der Waals surface area contributed by atoms with E-state index in [-0.39, 0.29) is 6.61 Å². The van der Waals surface area contributed by atoms with Crippen molar-refractivity contribution in [2.45, 2.75) is 56.3 Å². The Morgan fingerprint density at radius 1 is 1.29 bits per heavy atom. The second kappa shape index (κ2) is 5.62. The number of aliphatic hydroxyl groups is 1. The molecule has 0 heterocycles. The van der Waals surface area contributed by atoms with Gasteiger partial charge in [0, 0.05) is 5.02 Å². The van der Waals surface area contributed by atoms with Gasteiger partial charge in [-0.2, -0.15) is 0 Å². The number of aliphatic hydroxyl groups excluding tert-OH is 1. The highest BCUT2D eigenvalue weighted by molar-refractivity contribution is 6.31. The molecule has 0 amide bonds. The highest BCUT2D eigenvalue weighted by Gasteiger charge is 2.45. The third-order valence-corrected chi connectivity index (χ3v) is 5.61. The summed E-state index contributed by atoms with van der Waals surface area (Å²) in [5.41, 5.74) is 1.78. The van der Waals surface area contributed by atoms with Crippen LogP contribution in [0.25, 0.3) is 0 Å². The molecule has 0 aromatic heterocycles. The van der Waals surface area contributed by atoms with Crippen LogP contribution in [0.5, 0.6) is 0 Å². The van der Waals surface area contributed by atoms with Crippen molar-refractivity contribution in [2.24, 2.45) is 0 Å². The molecule has 21 heavy (non-hydrogen) atoms. The van der Waals surface area contributed by atoms with Gasteiger partial charge in [-0.1, -0.05) is 36.9 Å². The summed E-state index contributed by atoms with van der Waals surface area (Å²) in [6.07, 6.45) is 7.29. The molecule has 1 aromatic carbocycles. The van der Waals surface area contributed by atoms with E-state index in [4.69, 9.17) is 11.6 Å². The zero-order chi connectivity index (χ0) is 15.0. The average molecular weight is 309 g/mol. The van der Waals surface area contributed by atoms with E-state index in [0.717, 1.165) is 5.56 Å². The first-order valence-corrected chi connectivity index (χ1v) is 8.13. The zero-order valence-electron chi connectivity index (χ0n) is 12.1. The van der Waals surface area contributed by atoms with Crippen LogP contribution in [0.2, 0.25) is 5.02 Å². The van der Waals surface area contributed by atoms with Crippen LogP contribution in [-0.2, 0) is 16.6 Å². The van der Waals surface area contributed by atoms with Crippen LogP contribution in [0.1, 0.15) is 61.1 Å². The molecule has 3 rings (SSSR count). The summed E-state index contributed by atoms with van der Waals surface area (Å²) in [4.78, 5) is 11.6. The van der Waals surface area contributed by atoms with Crippen LogP contribution in [0, 0.1) is 0 Å². The minimum Gasteiger partial charge on any atom is -0.481 e. The minimum atomic E-state index is -1.16. The predicted molar refractivity (Wildman–Crippen MR) is 82.0 cm³/mol. The van der Waals surface area contributed by atoms with E-state index in [0.29, 0.717) is 29.3 Å². The molecule has 1 aromatic rings. The fraction of sp³-hybridized carbons (Fsp3) is 0.588. The van der Waals surface area contributed by atoms with Crippen molar-refractivity contribution in [1.29, 1.82) is 0 Å². The van der Waals surface area contributed by atoms with Crippen LogP contribution in [0.3, 0.4) is 0 Å². The van der Waals surface area contributed by atoms with Crippen molar-refractivity contribution in [3.8, 4) is 0 Å². The Kier molecular flexibility index (Phi) is 3.98.